The van der Waals surface area contributed by atoms with E-state index >= 15 is 0 Å². The summed E-state index contributed by atoms with van der Waals surface area (Å²) >= 11 is 0. The third-order valence-corrected chi connectivity index (χ3v) is 2.94. The van der Waals surface area contributed by atoms with Crippen molar-refractivity contribution < 1.29 is 0 Å². The molecule has 16 heavy (non-hydrogen) atoms. The van der Waals surface area contributed by atoms with Crippen LogP contribution in [0.3, 0.4) is 0 Å². The molecule has 1 unspecified atom stereocenters. The van der Waals surface area contributed by atoms with Crippen molar-refractivity contribution in [1.82, 2.24) is 15.1 Å². The van der Waals surface area contributed by atoms with Crippen LogP contribution >= 0.6 is 0 Å². The van der Waals surface area contributed by atoms with Gasteiger partial charge in [-0.3, -0.25) is 5.01 Å². The molecule has 0 aliphatic carbocycles. The van der Waals surface area contributed by atoms with Gasteiger partial charge in [-0.1, -0.05) is 6.92 Å². The van der Waals surface area contributed by atoms with E-state index in [0.717, 1.165) is 31.6 Å². The summed E-state index contributed by atoms with van der Waals surface area (Å²) in [6.45, 7) is 10.2. The lowest BCUT2D eigenvalue weighted by molar-refractivity contribution is 0.445. The zero-order valence-corrected chi connectivity index (χ0v) is 10.8. The van der Waals surface area contributed by atoms with E-state index in [1.807, 2.05) is 13.1 Å². The lowest BCUT2D eigenvalue weighted by Gasteiger charge is -2.21. The van der Waals surface area contributed by atoms with Gasteiger partial charge in [0.2, 0.25) is 0 Å². The van der Waals surface area contributed by atoms with Crippen molar-refractivity contribution in [2.24, 2.45) is 5.73 Å². The summed E-state index contributed by atoms with van der Waals surface area (Å²) < 4.78 is 0. The molecule has 0 amide bonds. The molecule has 2 N–H and O–H groups in total. The first-order valence-corrected chi connectivity index (χ1v) is 5.97. The first kappa shape index (κ1) is 13.0. The van der Waals surface area contributed by atoms with Crippen molar-refractivity contribution in [3.05, 3.63) is 11.9 Å². The molecule has 5 nitrogen and oxygen atoms in total. The van der Waals surface area contributed by atoms with Crippen LogP contribution in [0.2, 0.25) is 0 Å². The Morgan fingerprint density at radius 1 is 1.38 bits per heavy atom. The molecule has 0 spiro atoms. The van der Waals surface area contributed by atoms with Crippen molar-refractivity contribution in [3.8, 4) is 0 Å². The molecule has 1 atom stereocenters. The molecule has 0 aliphatic rings. The molecule has 1 rings (SSSR count). The van der Waals surface area contributed by atoms with Crippen LogP contribution in [0.5, 0.6) is 0 Å². The van der Waals surface area contributed by atoms with Gasteiger partial charge in [0.1, 0.15) is 0 Å². The fraction of sp³-hybridized carbons (Fsp3) is 0.818. The number of nitrogens with two attached hydrogens (primary N) is 1. The topological polar surface area (TPSA) is 60.0 Å². The van der Waals surface area contributed by atoms with Crippen LogP contribution in [0, 0.1) is 0 Å². The molecule has 1 aromatic rings. The highest BCUT2D eigenvalue weighted by atomic mass is 15.7. The molecule has 0 saturated carbocycles. The van der Waals surface area contributed by atoms with E-state index in [9.17, 15) is 0 Å². The third-order valence-electron chi connectivity index (χ3n) is 2.94. The average Bonchev–Trinajstić information content (AvgIpc) is 2.68. The second-order valence-electron chi connectivity index (χ2n) is 4.45. The molecular formula is C11H23N5. The maximum absolute atomic E-state index is 6.11. The molecule has 1 aromatic heterocycles. The second-order valence-corrected chi connectivity index (χ2v) is 4.45. The SMILES string of the molecule is CCN(CC)n1cc(CC(C)(N)CC)nn1. The minimum absolute atomic E-state index is 0.190. The summed E-state index contributed by atoms with van der Waals surface area (Å²) in [7, 11) is 0. The highest BCUT2D eigenvalue weighted by Gasteiger charge is 2.18. The number of hydrogen-bond donors (Lipinski definition) is 1. The van der Waals surface area contributed by atoms with E-state index in [1.54, 1.807) is 4.79 Å². The van der Waals surface area contributed by atoms with Gasteiger partial charge in [-0.15, -0.1) is 5.10 Å². The predicted molar refractivity (Wildman–Crippen MR) is 65.9 cm³/mol. The van der Waals surface area contributed by atoms with E-state index in [-0.39, 0.29) is 5.54 Å². The van der Waals surface area contributed by atoms with E-state index in [4.69, 9.17) is 5.73 Å². The molecular weight excluding hydrogens is 202 g/mol. The number of hydrogen-bond acceptors (Lipinski definition) is 4. The van der Waals surface area contributed by atoms with Crippen LogP contribution in [-0.2, 0) is 6.42 Å². The Morgan fingerprint density at radius 3 is 2.50 bits per heavy atom. The third kappa shape index (κ3) is 3.20. The number of rotatable bonds is 6. The Hall–Kier alpha value is -1.10. The fourth-order valence-corrected chi connectivity index (χ4v) is 1.56. The Morgan fingerprint density at radius 2 is 2.00 bits per heavy atom. The van der Waals surface area contributed by atoms with Crippen molar-refractivity contribution in [1.29, 1.82) is 0 Å². The zero-order chi connectivity index (χ0) is 12.2. The highest BCUT2D eigenvalue weighted by Crippen LogP contribution is 2.11. The van der Waals surface area contributed by atoms with Crippen LogP contribution in [0.25, 0.3) is 0 Å². The van der Waals surface area contributed by atoms with Gasteiger partial charge < -0.3 is 5.73 Å². The monoisotopic (exact) mass is 225 g/mol. The standard InChI is InChI=1S/C11H23N5/c1-5-11(4,12)8-10-9-16(14-13-10)15(6-2)7-3/h9H,5-8,12H2,1-4H3. The quantitative estimate of drug-likeness (QED) is 0.782. The normalized spacial score (nSPS) is 14.8. The van der Waals surface area contributed by atoms with E-state index in [2.05, 4.69) is 36.1 Å². The molecule has 0 fully saturated rings. The van der Waals surface area contributed by atoms with E-state index in [1.165, 1.54) is 0 Å². The summed E-state index contributed by atoms with van der Waals surface area (Å²) in [5.41, 5.74) is 6.87. The van der Waals surface area contributed by atoms with Crippen molar-refractivity contribution in [2.45, 2.75) is 46.1 Å². The zero-order valence-electron chi connectivity index (χ0n) is 10.8. The van der Waals surface area contributed by atoms with Gasteiger partial charge in [-0.05, 0) is 32.4 Å². The molecule has 0 saturated heterocycles. The van der Waals surface area contributed by atoms with Crippen LogP contribution in [0.15, 0.2) is 6.20 Å². The summed E-state index contributed by atoms with van der Waals surface area (Å²) in [6, 6.07) is 0. The van der Waals surface area contributed by atoms with E-state index < -0.39 is 0 Å². The first-order valence-electron chi connectivity index (χ1n) is 5.97. The second kappa shape index (κ2) is 5.30. The minimum Gasteiger partial charge on any atom is -0.325 e. The van der Waals surface area contributed by atoms with Gasteiger partial charge in [-0.25, -0.2) is 0 Å². The predicted octanol–water partition coefficient (Wildman–Crippen LogP) is 0.926. The lowest BCUT2D eigenvalue weighted by Crippen LogP contribution is -2.37. The van der Waals surface area contributed by atoms with Crippen molar-refractivity contribution in [3.63, 3.8) is 0 Å². The van der Waals surface area contributed by atoms with Crippen LogP contribution in [0.4, 0.5) is 0 Å². The summed E-state index contributed by atoms with van der Waals surface area (Å²) in [4.78, 5) is 1.81. The molecule has 0 aromatic carbocycles. The van der Waals surface area contributed by atoms with E-state index in [0.29, 0.717) is 0 Å². The van der Waals surface area contributed by atoms with Gasteiger partial charge in [0.25, 0.3) is 0 Å². The first-order chi connectivity index (χ1) is 7.52. The Bertz CT molecular complexity index is 314. The fourth-order valence-electron chi connectivity index (χ4n) is 1.56. The Labute approximate surface area is 97.6 Å². The summed E-state index contributed by atoms with van der Waals surface area (Å²) in [5.74, 6) is 0. The average molecular weight is 225 g/mol. The molecule has 1 heterocycles. The van der Waals surface area contributed by atoms with Gasteiger partial charge in [0.05, 0.1) is 11.9 Å². The lowest BCUT2D eigenvalue weighted by atomic mass is 9.95. The van der Waals surface area contributed by atoms with Crippen molar-refractivity contribution in [2.75, 3.05) is 18.1 Å². The summed E-state index contributed by atoms with van der Waals surface area (Å²) in [5, 5.41) is 10.4. The van der Waals surface area contributed by atoms with Crippen LogP contribution < -0.4 is 10.7 Å². The largest absolute Gasteiger partial charge is 0.325 e. The number of aromatic nitrogens is 3. The highest BCUT2D eigenvalue weighted by molar-refractivity contribution is 5.01. The summed E-state index contributed by atoms with van der Waals surface area (Å²) in [6.07, 6.45) is 3.67. The van der Waals surface area contributed by atoms with Crippen LogP contribution in [0.1, 0.15) is 39.8 Å². The Kier molecular flexibility index (Phi) is 4.29. The van der Waals surface area contributed by atoms with Gasteiger partial charge in [0, 0.05) is 25.0 Å². The minimum atomic E-state index is -0.190. The van der Waals surface area contributed by atoms with Crippen LogP contribution in [-0.4, -0.2) is 33.7 Å². The van der Waals surface area contributed by atoms with Crippen molar-refractivity contribution >= 4 is 0 Å². The molecule has 5 heteroatoms. The van der Waals surface area contributed by atoms with Gasteiger partial charge in [0.15, 0.2) is 0 Å². The maximum Gasteiger partial charge on any atom is 0.0867 e. The maximum atomic E-state index is 6.11. The molecule has 92 valence electrons. The molecule has 0 aliphatic heterocycles. The Balaban J connectivity index is 2.71. The molecule has 0 radical (unpaired) electrons. The number of nitrogens with zero attached hydrogens (tertiary/aromatic N) is 4. The smallest absolute Gasteiger partial charge is 0.0867 e. The van der Waals surface area contributed by atoms with Gasteiger partial charge in [-0.2, -0.15) is 4.79 Å². The molecule has 0 bridgehead atoms. The van der Waals surface area contributed by atoms with Gasteiger partial charge >= 0.3 is 0 Å².